The molecule has 0 aliphatic rings. The van der Waals surface area contributed by atoms with Crippen LogP contribution in [-0.4, -0.2) is 24.2 Å². The Morgan fingerprint density at radius 2 is 1.04 bits per heavy atom. The van der Waals surface area contributed by atoms with Crippen molar-refractivity contribution in [2.24, 2.45) is 0 Å². The molecule has 0 fully saturated rings. The Morgan fingerprint density at radius 3 is 1.39 bits per heavy atom. The smallest absolute Gasteiger partial charge is 0.309 e. The third-order valence-electron chi connectivity index (χ3n) is 4.31. The van der Waals surface area contributed by atoms with E-state index < -0.39 is 0 Å². The topological polar surface area (TPSA) is 70.5 Å². The Labute approximate surface area is 162 Å². The van der Waals surface area contributed by atoms with Crippen LogP contribution in [-0.2, 0) is 12.8 Å². The molecule has 0 radical (unpaired) electrons. The van der Waals surface area contributed by atoms with Gasteiger partial charge in [-0.2, -0.15) is 0 Å². The fourth-order valence-corrected chi connectivity index (χ4v) is 2.98. The molecule has 0 bridgehead atoms. The van der Waals surface area contributed by atoms with Crippen LogP contribution in [0.2, 0.25) is 0 Å². The Morgan fingerprint density at radius 1 is 0.643 bits per heavy atom. The molecule has 0 aliphatic heterocycles. The molecule has 0 spiro atoms. The van der Waals surface area contributed by atoms with Gasteiger partial charge in [-0.15, -0.1) is 0 Å². The van der Waals surface area contributed by atoms with Gasteiger partial charge < -0.3 is 18.3 Å². The summed E-state index contributed by atoms with van der Waals surface area (Å²) < 4.78 is 22.2. The number of nitrogens with zero attached hydrogens (tertiary/aromatic N) is 2. The predicted molar refractivity (Wildman–Crippen MR) is 104 cm³/mol. The van der Waals surface area contributed by atoms with Crippen molar-refractivity contribution in [3.63, 3.8) is 0 Å². The summed E-state index contributed by atoms with van der Waals surface area (Å²) in [4.78, 5) is 9.08. The van der Waals surface area contributed by atoms with Gasteiger partial charge in [0.2, 0.25) is 0 Å². The zero-order valence-electron chi connectivity index (χ0n) is 15.7. The Hall–Kier alpha value is -3.54. The quantitative estimate of drug-likeness (QED) is 0.472. The van der Waals surface area contributed by atoms with Crippen LogP contribution in [0.1, 0.15) is 22.5 Å². The van der Waals surface area contributed by atoms with Crippen molar-refractivity contribution in [3.05, 3.63) is 83.2 Å². The molecule has 0 amide bonds. The number of aromatic nitrogens is 2. The van der Waals surface area contributed by atoms with Gasteiger partial charge in [0.1, 0.15) is 11.4 Å². The van der Waals surface area contributed by atoms with E-state index >= 15 is 0 Å². The molecule has 2 aromatic heterocycles. The molecule has 142 valence electrons. The first-order valence-electron chi connectivity index (χ1n) is 8.92. The largest absolute Gasteiger partial charge is 0.467 e. The second-order valence-electron chi connectivity index (χ2n) is 6.24. The molecule has 0 unspecified atom stereocenters. The number of rotatable bonds is 7. The maximum absolute atomic E-state index is 5.74. The molecule has 0 atom stereocenters. The third-order valence-corrected chi connectivity index (χ3v) is 4.31. The van der Waals surface area contributed by atoms with Crippen molar-refractivity contribution in [2.75, 3.05) is 14.2 Å². The number of methoxy groups -OCH3 is 2. The lowest BCUT2D eigenvalue weighted by Gasteiger charge is -1.99. The van der Waals surface area contributed by atoms with Crippen molar-refractivity contribution in [1.82, 2.24) is 9.97 Å². The maximum atomic E-state index is 5.74. The SMILES string of the molecule is COc1oc(-c2nc(Cc3ccccc3)c(OC)o2)nc1Cc1ccccc1. The summed E-state index contributed by atoms with van der Waals surface area (Å²) in [5, 5.41) is 0. The summed E-state index contributed by atoms with van der Waals surface area (Å²) in [6.45, 7) is 0. The first-order valence-corrected chi connectivity index (χ1v) is 8.92. The van der Waals surface area contributed by atoms with E-state index in [1.807, 2.05) is 60.7 Å². The lowest BCUT2D eigenvalue weighted by Crippen LogP contribution is -1.92. The highest BCUT2D eigenvalue weighted by molar-refractivity contribution is 5.44. The minimum Gasteiger partial charge on any atom is -0.467 e. The van der Waals surface area contributed by atoms with Crippen LogP contribution in [0.25, 0.3) is 11.8 Å². The van der Waals surface area contributed by atoms with Crippen LogP contribution in [0, 0.1) is 0 Å². The van der Waals surface area contributed by atoms with E-state index in [1.165, 1.54) is 0 Å². The van der Waals surface area contributed by atoms with E-state index in [4.69, 9.17) is 18.3 Å². The molecule has 6 nitrogen and oxygen atoms in total. The van der Waals surface area contributed by atoms with Crippen LogP contribution in [0.5, 0.6) is 11.9 Å². The normalized spacial score (nSPS) is 10.8. The second kappa shape index (κ2) is 8.00. The number of ether oxygens (including phenoxy) is 2. The van der Waals surface area contributed by atoms with Gasteiger partial charge in [-0.1, -0.05) is 60.7 Å². The minimum atomic E-state index is 0.264. The Bertz CT molecular complexity index is 953. The van der Waals surface area contributed by atoms with Gasteiger partial charge in [0.05, 0.1) is 14.2 Å². The second-order valence-corrected chi connectivity index (χ2v) is 6.24. The molecular weight excluding hydrogens is 356 g/mol. The molecule has 6 heteroatoms. The highest BCUT2D eigenvalue weighted by atomic mass is 16.6. The third kappa shape index (κ3) is 3.76. The monoisotopic (exact) mass is 376 g/mol. The molecule has 2 heterocycles. The molecule has 4 rings (SSSR count). The van der Waals surface area contributed by atoms with Crippen molar-refractivity contribution in [1.29, 1.82) is 0 Å². The van der Waals surface area contributed by atoms with E-state index in [0.717, 1.165) is 11.1 Å². The average Bonchev–Trinajstić information content (AvgIpc) is 3.33. The summed E-state index contributed by atoms with van der Waals surface area (Å²) in [7, 11) is 3.10. The summed E-state index contributed by atoms with van der Waals surface area (Å²) in [6.07, 6.45) is 1.17. The zero-order valence-corrected chi connectivity index (χ0v) is 15.7. The van der Waals surface area contributed by atoms with Crippen molar-refractivity contribution >= 4 is 0 Å². The summed E-state index contributed by atoms with van der Waals surface area (Å²) in [5.41, 5.74) is 3.58. The lowest BCUT2D eigenvalue weighted by molar-refractivity contribution is 0.290. The van der Waals surface area contributed by atoms with Gasteiger partial charge in [0.25, 0.3) is 11.8 Å². The average molecular weight is 376 g/mol. The highest BCUT2D eigenvalue weighted by Gasteiger charge is 2.23. The van der Waals surface area contributed by atoms with Crippen molar-refractivity contribution in [2.45, 2.75) is 12.8 Å². The molecule has 0 aliphatic carbocycles. The van der Waals surface area contributed by atoms with E-state index in [9.17, 15) is 0 Å². The zero-order chi connectivity index (χ0) is 19.3. The Kier molecular flexibility index (Phi) is 5.10. The van der Waals surface area contributed by atoms with E-state index in [-0.39, 0.29) is 11.8 Å². The lowest BCUT2D eigenvalue weighted by atomic mass is 10.1. The fraction of sp³-hybridized carbons (Fsp3) is 0.182. The molecule has 4 aromatic rings. The fourth-order valence-electron chi connectivity index (χ4n) is 2.98. The standard InChI is InChI=1S/C22H20N2O4/c1-25-21-17(13-15-9-5-3-6-10-15)23-19(27-21)20-24-18(22(26-2)28-20)14-16-11-7-4-8-12-16/h3-12H,13-14H2,1-2H3. The van der Waals surface area contributed by atoms with Gasteiger partial charge in [-0.05, 0) is 11.1 Å². The van der Waals surface area contributed by atoms with E-state index in [2.05, 4.69) is 9.97 Å². The number of hydrogen-bond donors (Lipinski definition) is 0. The van der Waals surface area contributed by atoms with Crippen LogP contribution in [0.3, 0.4) is 0 Å². The highest BCUT2D eigenvalue weighted by Crippen LogP contribution is 2.32. The van der Waals surface area contributed by atoms with Gasteiger partial charge in [0.15, 0.2) is 0 Å². The van der Waals surface area contributed by atoms with E-state index in [0.29, 0.717) is 36.1 Å². The minimum absolute atomic E-state index is 0.264. The molecule has 2 aromatic carbocycles. The van der Waals surface area contributed by atoms with Gasteiger partial charge in [0, 0.05) is 12.8 Å². The summed E-state index contributed by atoms with van der Waals surface area (Å²) in [5.74, 6) is 1.22. The molecular formula is C22H20N2O4. The molecule has 0 N–H and O–H groups in total. The Balaban J connectivity index is 1.63. The van der Waals surface area contributed by atoms with Gasteiger partial charge in [-0.25, -0.2) is 9.97 Å². The number of hydrogen-bond acceptors (Lipinski definition) is 6. The van der Waals surface area contributed by atoms with Gasteiger partial charge in [-0.3, -0.25) is 0 Å². The van der Waals surface area contributed by atoms with Crippen LogP contribution in [0.4, 0.5) is 0 Å². The molecule has 0 saturated heterocycles. The summed E-state index contributed by atoms with van der Waals surface area (Å²) in [6, 6.07) is 20.0. The number of oxazole rings is 2. The summed E-state index contributed by atoms with van der Waals surface area (Å²) >= 11 is 0. The molecule has 28 heavy (non-hydrogen) atoms. The maximum Gasteiger partial charge on any atom is 0.309 e. The van der Waals surface area contributed by atoms with Crippen LogP contribution in [0.15, 0.2) is 69.5 Å². The first kappa shape index (κ1) is 17.9. The van der Waals surface area contributed by atoms with Gasteiger partial charge >= 0.3 is 11.9 Å². The molecule has 0 saturated carbocycles. The van der Waals surface area contributed by atoms with Crippen molar-refractivity contribution in [3.8, 4) is 23.7 Å². The van der Waals surface area contributed by atoms with Crippen LogP contribution < -0.4 is 9.47 Å². The first-order chi connectivity index (χ1) is 13.8. The van der Waals surface area contributed by atoms with E-state index in [1.54, 1.807) is 14.2 Å². The van der Waals surface area contributed by atoms with Crippen molar-refractivity contribution < 1.29 is 18.3 Å². The van der Waals surface area contributed by atoms with Crippen LogP contribution >= 0.6 is 0 Å². The predicted octanol–water partition coefficient (Wildman–Crippen LogP) is 4.53. The number of benzene rings is 2.